The van der Waals surface area contributed by atoms with Gasteiger partial charge in [-0.2, -0.15) is 5.26 Å². The van der Waals surface area contributed by atoms with Crippen LogP contribution in [-0.2, 0) is 6.42 Å². The Morgan fingerprint density at radius 3 is 2.62 bits per heavy atom. The highest BCUT2D eigenvalue weighted by Crippen LogP contribution is 2.41. The molecular formula is C22H19ClN2O. The second-order valence-corrected chi connectivity index (χ2v) is 6.45. The van der Waals surface area contributed by atoms with Gasteiger partial charge in [-0.3, -0.25) is 4.79 Å². The van der Waals surface area contributed by atoms with Crippen molar-refractivity contribution in [3.05, 3.63) is 80.1 Å². The summed E-state index contributed by atoms with van der Waals surface area (Å²) in [5, 5.41) is 10.2. The minimum atomic E-state index is -0.361. The molecule has 130 valence electrons. The molecule has 4 heteroatoms. The molecule has 0 saturated heterocycles. The zero-order chi connectivity index (χ0) is 18.8. The Bertz CT molecular complexity index is 1090. The zero-order valence-corrected chi connectivity index (χ0v) is 15.7. The number of nitrogens with zero attached hydrogens (tertiary/aromatic N) is 1. The second-order valence-electron chi connectivity index (χ2n) is 6.02. The Balaban J connectivity index is 0.000000948. The highest BCUT2D eigenvalue weighted by atomic mass is 35.5. The monoisotopic (exact) mass is 362 g/mol. The van der Waals surface area contributed by atoms with Crippen molar-refractivity contribution < 1.29 is 0 Å². The Morgan fingerprint density at radius 2 is 1.92 bits per heavy atom. The van der Waals surface area contributed by atoms with Crippen LogP contribution in [0.5, 0.6) is 0 Å². The lowest BCUT2D eigenvalue weighted by atomic mass is 9.94. The van der Waals surface area contributed by atoms with Crippen LogP contribution in [0.4, 0.5) is 0 Å². The lowest BCUT2D eigenvalue weighted by Gasteiger charge is -2.11. The van der Waals surface area contributed by atoms with Gasteiger partial charge in [-0.25, -0.2) is 0 Å². The van der Waals surface area contributed by atoms with Gasteiger partial charge < -0.3 is 4.98 Å². The Kier molecular flexibility index (Phi) is 4.97. The fourth-order valence-corrected chi connectivity index (χ4v) is 3.57. The first kappa shape index (κ1) is 18.0. The van der Waals surface area contributed by atoms with Crippen LogP contribution in [0.3, 0.4) is 0 Å². The molecule has 0 fully saturated rings. The summed E-state index contributed by atoms with van der Waals surface area (Å²) in [7, 11) is 0. The van der Waals surface area contributed by atoms with Crippen molar-refractivity contribution >= 4 is 11.6 Å². The molecule has 0 amide bonds. The number of pyridine rings is 1. The minimum Gasteiger partial charge on any atom is -0.320 e. The quantitative estimate of drug-likeness (QED) is 0.488. The average molecular weight is 363 g/mol. The van der Waals surface area contributed by atoms with Crippen LogP contribution in [0, 0.1) is 18.3 Å². The number of halogens is 1. The summed E-state index contributed by atoms with van der Waals surface area (Å²) >= 11 is 6.12. The molecule has 1 heterocycles. The van der Waals surface area contributed by atoms with E-state index in [0.717, 1.165) is 39.1 Å². The van der Waals surface area contributed by atoms with Crippen LogP contribution in [0.1, 0.15) is 36.1 Å². The Labute approximate surface area is 157 Å². The molecule has 0 aliphatic heterocycles. The summed E-state index contributed by atoms with van der Waals surface area (Å²) in [6.45, 7) is 6.00. The standard InChI is InChI=1S/C20H13ClN2O.C2H6/c1-11-3-2-4-13(7-11)18-16-8-12-5-6-14(21)9-15(12)19(16)23-20(24)17(18)10-22;1-2/h2-7,9H,8H2,1H3,(H,23,24);1-2H3. The fourth-order valence-electron chi connectivity index (χ4n) is 3.40. The predicted octanol–water partition coefficient (Wildman–Crippen LogP) is 5.47. The smallest absolute Gasteiger partial charge is 0.266 e. The van der Waals surface area contributed by atoms with Crippen molar-refractivity contribution in [1.82, 2.24) is 4.98 Å². The number of nitrogens with one attached hydrogen (secondary N) is 1. The molecule has 0 unspecified atom stereocenters. The van der Waals surface area contributed by atoms with Crippen LogP contribution < -0.4 is 5.56 Å². The Hall–Kier alpha value is -2.83. The molecule has 4 rings (SSSR count). The third-order valence-electron chi connectivity index (χ3n) is 4.45. The SMILES string of the molecule is CC.Cc1cccc(-c2c3c([nH]c(=O)c2C#N)-c2cc(Cl)ccc2C3)c1. The molecule has 0 radical (unpaired) electrons. The van der Waals surface area contributed by atoms with Crippen molar-refractivity contribution in [2.75, 3.05) is 0 Å². The number of aryl methyl sites for hydroxylation is 1. The van der Waals surface area contributed by atoms with Gasteiger partial charge in [0.25, 0.3) is 5.56 Å². The van der Waals surface area contributed by atoms with Gasteiger partial charge in [-0.1, -0.05) is 61.3 Å². The van der Waals surface area contributed by atoms with E-state index in [9.17, 15) is 10.1 Å². The topological polar surface area (TPSA) is 56.6 Å². The maximum absolute atomic E-state index is 12.5. The van der Waals surface area contributed by atoms with E-state index in [-0.39, 0.29) is 11.1 Å². The molecule has 1 N–H and O–H groups in total. The van der Waals surface area contributed by atoms with Crippen molar-refractivity contribution in [2.45, 2.75) is 27.2 Å². The van der Waals surface area contributed by atoms with Crippen molar-refractivity contribution in [3.63, 3.8) is 0 Å². The molecule has 26 heavy (non-hydrogen) atoms. The third-order valence-corrected chi connectivity index (χ3v) is 4.68. The van der Waals surface area contributed by atoms with E-state index in [2.05, 4.69) is 11.1 Å². The molecule has 0 atom stereocenters. The number of rotatable bonds is 1. The van der Waals surface area contributed by atoms with Gasteiger partial charge in [-0.05, 0) is 35.7 Å². The first-order chi connectivity index (χ1) is 12.6. The molecule has 0 bridgehead atoms. The number of benzene rings is 2. The molecule has 3 nitrogen and oxygen atoms in total. The number of hydrogen-bond donors (Lipinski definition) is 1. The number of fused-ring (bicyclic) bond motifs is 3. The van der Waals surface area contributed by atoms with E-state index < -0.39 is 0 Å². The molecule has 1 aromatic heterocycles. The van der Waals surface area contributed by atoms with E-state index in [1.807, 2.05) is 63.2 Å². The predicted molar refractivity (Wildman–Crippen MR) is 107 cm³/mol. The van der Waals surface area contributed by atoms with E-state index >= 15 is 0 Å². The highest BCUT2D eigenvalue weighted by molar-refractivity contribution is 6.31. The summed E-state index contributed by atoms with van der Waals surface area (Å²) in [6.07, 6.45) is 0.677. The van der Waals surface area contributed by atoms with Crippen LogP contribution in [-0.4, -0.2) is 4.98 Å². The summed E-state index contributed by atoms with van der Waals surface area (Å²) in [4.78, 5) is 15.4. The summed E-state index contributed by atoms with van der Waals surface area (Å²) < 4.78 is 0. The molecule has 1 aliphatic carbocycles. The number of hydrogen-bond acceptors (Lipinski definition) is 2. The molecule has 1 aliphatic rings. The zero-order valence-electron chi connectivity index (χ0n) is 15.0. The molecule has 0 spiro atoms. The molecular weight excluding hydrogens is 344 g/mol. The first-order valence-electron chi connectivity index (χ1n) is 8.63. The second kappa shape index (κ2) is 7.19. The van der Waals surface area contributed by atoms with Crippen LogP contribution in [0.15, 0.2) is 47.3 Å². The average Bonchev–Trinajstić information content (AvgIpc) is 2.99. The van der Waals surface area contributed by atoms with E-state index in [0.29, 0.717) is 11.4 Å². The summed E-state index contributed by atoms with van der Waals surface area (Å²) in [6, 6.07) is 15.7. The first-order valence-corrected chi connectivity index (χ1v) is 9.01. The number of nitriles is 1. The maximum atomic E-state index is 12.5. The van der Waals surface area contributed by atoms with E-state index in [1.165, 1.54) is 0 Å². The van der Waals surface area contributed by atoms with Gasteiger partial charge >= 0.3 is 0 Å². The maximum Gasteiger partial charge on any atom is 0.266 e. The number of H-pyrrole nitrogens is 1. The van der Waals surface area contributed by atoms with Crippen LogP contribution in [0.2, 0.25) is 5.02 Å². The van der Waals surface area contributed by atoms with Gasteiger partial charge in [0.1, 0.15) is 11.6 Å². The van der Waals surface area contributed by atoms with Gasteiger partial charge in [0, 0.05) is 22.6 Å². The van der Waals surface area contributed by atoms with Gasteiger partial charge in [0.2, 0.25) is 0 Å². The van der Waals surface area contributed by atoms with Crippen LogP contribution in [0.25, 0.3) is 22.4 Å². The lowest BCUT2D eigenvalue weighted by molar-refractivity contribution is 1.17. The number of aromatic nitrogens is 1. The van der Waals surface area contributed by atoms with Crippen LogP contribution >= 0.6 is 11.6 Å². The fraction of sp³-hybridized carbons (Fsp3) is 0.182. The van der Waals surface area contributed by atoms with Gasteiger partial charge in [-0.15, -0.1) is 0 Å². The Morgan fingerprint density at radius 1 is 1.15 bits per heavy atom. The van der Waals surface area contributed by atoms with Gasteiger partial charge in [0.15, 0.2) is 0 Å². The summed E-state index contributed by atoms with van der Waals surface area (Å²) in [5.41, 5.74) is 6.31. The minimum absolute atomic E-state index is 0.165. The van der Waals surface area contributed by atoms with Gasteiger partial charge in [0.05, 0.1) is 5.69 Å². The van der Waals surface area contributed by atoms with Crippen molar-refractivity contribution in [2.24, 2.45) is 0 Å². The molecule has 0 saturated carbocycles. The lowest BCUT2D eigenvalue weighted by Crippen LogP contribution is -2.14. The third kappa shape index (κ3) is 2.94. The molecule has 3 aromatic rings. The highest BCUT2D eigenvalue weighted by Gasteiger charge is 2.26. The molecule has 2 aromatic carbocycles. The number of aromatic amines is 1. The summed E-state index contributed by atoms with van der Waals surface area (Å²) in [5.74, 6) is 0. The van der Waals surface area contributed by atoms with Crippen molar-refractivity contribution in [1.29, 1.82) is 5.26 Å². The largest absolute Gasteiger partial charge is 0.320 e. The normalized spacial score (nSPS) is 11.0. The van der Waals surface area contributed by atoms with E-state index in [1.54, 1.807) is 0 Å². The van der Waals surface area contributed by atoms with Crippen molar-refractivity contribution in [3.8, 4) is 28.5 Å². The van der Waals surface area contributed by atoms with E-state index in [4.69, 9.17) is 11.6 Å².